The van der Waals surface area contributed by atoms with Gasteiger partial charge in [0.1, 0.15) is 5.52 Å². The highest BCUT2D eigenvalue weighted by atomic mass is 19.3. The average molecular weight is 472 g/mol. The molecule has 0 bridgehead atoms. The normalized spacial score (nSPS) is 14.5. The van der Waals surface area contributed by atoms with Gasteiger partial charge in [-0.2, -0.15) is 10.1 Å². The van der Waals surface area contributed by atoms with E-state index in [-0.39, 0.29) is 17.4 Å². The van der Waals surface area contributed by atoms with E-state index < -0.39 is 12.8 Å². The van der Waals surface area contributed by atoms with Crippen molar-refractivity contribution in [1.82, 2.24) is 34.5 Å². The van der Waals surface area contributed by atoms with Gasteiger partial charge in [-0.05, 0) is 44.4 Å². The lowest BCUT2D eigenvalue weighted by atomic mass is 9.78. The molecule has 4 aromatic rings. The number of fused-ring (bicyclic) bond motifs is 2. The third-order valence-electron chi connectivity index (χ3n) is 5.77. The summed E-state index contributed by atoms with van der Waals surface area (Å²) in [5, 5.41) is 14.5. The van der Waals surface area contributed by atoms with Gasteiger partial charge in [0.15, 0.2) is 11.5 Å². The van der Waals surface area contributed by atoms with E-state index in [0.29, 0.717) is 28.4 Å². The van der Waals surface area contributed by atoms with Crippen LogP contribution in [0.15, 0.2) is 30.6 Å². The van der Waals surface area contributed by atoms with Crippen molar-refractivity contribution in [3.05, 3.63) is 36.3 Å². The number of nitrogens with one attached hydrogen (secondary N) is 2. The van der Waals surface area contributed by atoms with E-state index in [2.05, 4.69) is 37.7 Å². The van der Waals surface area contributed by atoms with Crippen LogP contribution in [-0.4, -0.2) is 54.1 Å². The van der Waals surface area contributed by atoms with Crippen LogP contribution in [0.4, 0.5) is 20.5 Å². The van der Waals surface area contributed by atoms with Crippen molar-refractivity contribution in [2.45, 2.75) is 51.5 Å². The number of nitrogen functional groups attached to an aromatic ring is 1. The van der Waals surface area contributed by atoms with Crippen molar-refractivity contribution in [3.8, 4) is 11.3 Å². The molecule has 0 saturated heterocycles. The van der Waals surface area contributed by atoms with Crippen LogP contribution in [0.1, 0.15) is 38.8 Å². The minimum atomic E-state index is -2.46. The van der Waals surface area contributed by atoms with Crippen LogP contribution in [-0.2, 0) is 11.2 Å². The van der Waals surface area contributed by atoms with Crippen molar-refractivity contribution in [2.24, 2.45) is 0 Å². The molecule has 0 unspecified atom stereocenters. The van der Waals surface area contributed by atoms with Gasteiger partial charge in [-0.3, -0.25) is 4.79 Å². The summed E-state index contributed by atoms with van der Waals surface area (Å²) >= 11 is 0. The molecule has 1 saturated carbocycles. The van der Waals surface area contributed by atoms with E-state index >= 15 is 0 Å². The summed E-state index contributed by atoms with van der Waals surface area (Å²) in [4.78, 5) is 18.8. The zero-order valence-electron chi connectivity index (χ0n) is 19.2. The first-order chi connectivity index (χ1) is 16.2. The van der Waals surface area contributed by atoms with E-state index in [1.807, 2.05) is 6.07 Å². The van der Waals surface area contributed by atoms with Crippen LogP contribution >= 0.6 is 0 Å². The number of carbonyl (C=O) groups is 1. The molecule has 34 heavy (non-hydrogen) atoms. The number of halogens is 2. The molecule has 0 aliphatic heterocycles. The molecule has 0 radical (unpaired) electrons. The van der Waals surface area contributed by atoms with Gasteiger partial charge in [0.2, 0.25) is 18.3 Å². The lowest BCUT2D eigenvalue weighted by molar-refractivity contribution is -0.121. The Hall–Kier alpha value is -3.83. The number of nitrogens with zero attached hydrogens (tertiary/aromatic N) is 6. The summed E-state index contributed by atoms with van der Waals surface area (Å²) in [6, 6.07) is 5.33. The molecule has 180 valence electrons. The van der Waals surface area contributed by atoms with Crippen molar-refractivity contribution in [3.63, 3.8) is 0 Å². The Morgan fingerprint density at radius 1 is 1.26 bits per heavy atom. The van der Waals surface area contributed by atoms with E-state index in [0.717, 1.165) is 18.4 Å². The van der Waals surface area contributed by atoms with Crippen LogP contribution in [0.5, 0.6) is 0 Å². The number of anilines is 2. The maximum Gasteiger partial charge on any atom is 0.244 e. The Labute approximate surface area is 194 Å². The number of amides is 1. The Morgan fingerprint density at radius 3 is 2.62 bits per heavy atom. The minimum absolute atomic E-state index is 0.0946. The summed E-state index contributed by atoms with van der Waals surface area (Å²) in [6.45, 7) is 3.67. The number of rotatable bonds is 5. The van der Waals surface area contributed by atoms with Gasteiger partial charge in [0.05, 0.1) is 24.0 Å². The maximum absolute atomic E-state index is 12.7. The molecule has 0 aromatic carbocycles. The van der Waals surface area contributed by atoms with Gasteiger partial charge in [0, 0.05) is 31.3 Å². The number of aromatic nitrogens is 6. The molecule has 12 heteroatoms. The Bertz CT molecular complexity index is 1330. The van der Waals surface area contributed by atoms with Gasteiger partial charge >= 0.3 is 0 Å². The number of nitrogens with two attached hydrogens (primary N) is 1. The Balaban J connectivity index is 0.000000257. The highest BCUT2D eigenvalue weighted by molar-refractivity contribution is 5.87. The van der Waals surface area contributed by atoms with Gasteiger partial charge in [0.25, 0.3) is 0 Å². The highest BCUT2D eigenvalue weighted by Gasteiger charge is 2.31. The maximum atomic E-state index is 12.7. The third-order valence-corrected chi connectivity index (χ3v) is 5.77. The fraction of sp³-hybridized carbons (Fsp3) is 0.409. The summed E-state index contributed by atoms with van der Waals surface area (Å²) in [5.41, 5.74) is 8.74. The molecule has 1 amide bonds. The smallest absolute Gasteiger partial charge is 0.244 e. The number of carbonyl (C=O) groups excluding carboxylic acids is 1. The SMILES string of the molecule is CC(=O)NC1(C)CCC1.CNc1nc(N)nn2ccc(-c3ccc4ncc(CC(F)F)n4n3)c12. The molecular weight excluding hydrogens is 444 g/mol. The first-order valence-corrected chi connectivity index (χ1v) is 10.9. The zero-order valence-corrected chi connectivity index (χ0v) is 19.2. The van der Waals surface area contributed by atoms with Crippen molar-refractivity contribution in [2.75, 3.05) is 18.1 Å². The first-order valence-electron chi connectivity index (χ1n) is 10.9. The molecular formula is C22H27F2N9O. The predicted octanol–water partition coefficient (Wildman–Crippen LogP) is 2.94. The van der Waals surface area contributed by atoms with Gasteiger partial charge < -0.3 is 16.4 Å². The summed E-state index contributed by atoms with van der Waals surface area (Å²) in [5.74, 6) is 0.779. The summed E-state index contributed by atoms with van der Waals surface area (Å²) in [6.07, 6.45) is 3.83. The number of imidazole rings is 1. The molecule has 5 rings (SSSR count). The molecule has 4 aromatic heterocycles. The molecule has 1 aliphatic rings. The van der Waals surface area contributed by atoms with Crippen LogP contribution in [0.25, 0.3) is 22.4 Å². The number of hydrogen-bond donors (Lipinski definition) is 3. The van der Waals surface area contributed by atoms with Crippen LogP contribution in [0, 0.1) is 0 Å². The third kappa shape index (κ3) is 4.75. The monoisotopic (exact) mass is 471 g/mol. The van der Waals surface area contributed by atoms with Gasteiger partial charge in [-0.25, -0.2) is 22.8 Å². The molecule has 10 nitrogen and oxygen atoms in total. The molecule has 4 heterocycles. The number of hydrogen-bond acceptors (Lipinski definition) is 7. The lowest BCUT2D eigenvalue weighted by Gasteiger charge is -2.38. The molecule has 0 atom stereocenters. The Kier molecular flexibility index (Phi) is 6.31. The summed E-state index contributed by atoms with van der Waals surface area (Å²) in [7, 11) is 1.73. The van der Waals surface area contributed by atoms with E-state index in [1.54, 1.807) is 36.8 Å². The molecule has 4 N–H and O–H groups in total. The predicted molar refractivity (Wildman–Crippen MR) is 125 cm³/mol. The lowest BCUT2D eigenvalue weighted by Crippen LogP contribution is -2.50. The van der Waals surface area contributed by atoms with E-state index in [9.17, 15) is 13.6 Å². The molecule has 0 spiro atoms. The van der Waals surface area contributed by atoms with Crippen molar-refractivity contribution < 1.29 is 13.6 Å². The van der Waals surface area contributed by atoms with Gasteiger partial charge in [-0.1, -0.05) is 0 Å². The van der Waals surface area contributed by atoms with Crippen LogP contribution < -0.4 is 16.4 Å². The molecule has 1 fully saturated rings. The average Bonchev–Trinajstić information content (AvgIpc) is 3.35. The molecule has 1 aliphatic carbocycles. The largest absolute Gasteiger partial charge is 0.371 e. The van der Waals surface area contributed by atoms with Crippen molar-refractivity contribution >= 4 is 28.8 Å². The fourth-order valence-corrected chi connectivity index (χ4v) is 4.04. The minimum Gasteiger partial charge on any atom is -0.371 e. The van der Waals surface area contributed by atoms with Crippen LogP contribution in [0.2, 0.25) is 0 Å². The van der Waals surface area contributed by atoms with E-state index in [1.165, 1.54) is 17.1 Å². The second-order valence-electron chi connectivity index (χ2n) is 8.52. The fourth-order valence-electron chi connectivity index (χ4n) is 4.04. The van der Waals surface area contributed by atoms with Crippen LogP contribution in [0.3, 0.4) is 0 Å². The topological polar surface area (TPSA) is 128 Å². The number of alkyl halides is 2. The first kappa shape index (κ1) is 23.3. The zero-order chi connectivity index (χ0) is 24.5. The standard InChI is InChI=1S/C15H14F2N8.C7H13NO/c1-19-14-13-9(4-5-24(13)23-15(18)21-14)10-2-3-12-20-7-8(6-11(16)17)25(12)22-10;1-6(9)8-7(2)4-3-5-7/h2-5,7,11H,6H2,1H3,(H3,18,19,21,23);3-5H2,1-2H3,(H,8,9). The summed E-state index contributed by atoms with van der Waals surface area (Å²) < 4.78 is 28.5. The van der Waals surface area contributed by atoms with E-state index in [4.69, 9.17) is 5.73 Å². The highest BCUT2D eigenvalue weighted by Crippen LogP contribution is 2.31. The quantitative estimate of drug-likeness (QED) is 0.408. The van der Waals surface area contributed by atoms with Gasteiger partial charge in [-0.15, -0.1) is 5.10 Å². The van der Waals surface area contributed by atoms with Crippen molar-refractivity contribution in [1.29, 1.82) is 0 Å². The second-order valence-corrected chi connectivity index (χ2v) is 8.52. The Morgan fingerprint density at radius 2 is 2.03 bits per heavy atom. The second kappa shape index (κ2) is 9.20.